The zero-order valence-electron chi connectivity index (χ0n) is 15.6. The van der Waals surface area contributed by atoms with Crippen LogP contribution in [0.1, 0.15) is 22.6 Å². The molecule has 1 heterocycles. The molecule has 0 N–H and O–H groups in total. The monoisotopic (exact) mass is 363 g/mol. The third-order valence-electron chi connectivity index (χ3n) is 6.22. The Morgan fingerprint density at radius 2 is 1.57 bits per heavy atom. The van der Waals surface area contributed by atoms with E-state index < -0.39 is 5.41 Å². The van der Waals surface area contributed by atoms with Gasteiger partial charge in [-0.1, -0.05) is 91.0 Å². The van der Waals surface area contributed by atoms with Gasteiger partial charge < -0.3 is 4.74 Å². The van der Waals surface area contributed by atoms with Crippen molar-refractivity contribution in [2.75, 3.05) is 13.2 Å². The maximum atomic E-state index is 10.6. The summed E-state index contributed by atoms with van der Waals surface area (Å²) in [6.07, 6.45) is 4.30. The second kappa shape index (κ2) is 6.78. The first kappa shape index (κ1) is 17.0. The van der Waals surface area contributed by atoms with Crippen molar-refractivity contribution in [3.8, 4) is 17.2 Å². The summed E-state index contributed by atoms with van der Waals surface area (Å²) in [5.41, 5.74) is 5.28. The predicted molar refractivity (Wildman–Crippen MR) is 112 cm³/mol. The normalized spacial score (nSPS) is 25.4. The zero-order valence-corrected chi connectivity index (χ0v) is 15.6. The van der Waals surface area contributed by atoms with Crippen molar-refractivity contribution in [2.24, 2.45) is 5.92 Å². The van der Waals surface area contributed by atoms with E-state index in [0.29, 0.717) is 13.2 Å². The largest absolute Gasteiger partial charge is 0.380 e. The van der Waals surface area contributed by atoms with Crippen LogP contribution in [0.2, 0.25) is 0 Å². The SMILES string of the molecule is N#C[C@]12c3ccccc3-c3ccccc3[C@@H]1COC[C@H]2/C=C\c1ccccc1. The van der Waals surface area contributed by atoms with Gasteiger partial charge in [0.2, 0.25) is 0 Å². The number of hydrogen-bond acceptors (Lipinski definition) is 2. The van der Waals surface area contributed by atoms with Crippen LogP contribution in [0.4, 0.5) is 0 Å². The van der Waals surface area contributed by atoms with Crippen molar-refractivity contribution in [2.45, 2.75) is 11.3 Å². The van der Waals surface area contributed by atoms with Crippen LogP contribution < -0.4 is 0 Å². The third-order valence-corrected chi connectivity index (χ3v) is 6.22. The highest BCUT2D eigenvalue weighted by atomic mass is 16.5. The first-order valence-electron chi connectivity index (χ1n) is 9.75. The van der Waals surface area contributed by atoms with Crippen LogP contribution in [-0.4, -0.2) is 13.2 Å². The Balaban J connectivity index is 1.69. The molecule has 0 aromatic heterocycles. The lowest BCUT2D eigenvalue weighted by Gasteiger charge is -2.48. The highest BCUT2D eigenvalue weighted by Crippen LogP contribution is 2.56. The van der Waals surface area contributed by atoms with Crippen LogP contribution in [-0.2, 0) is 10.2 Å². The van der Waals surface area contributed by atoms with Crippen LogP contribution in [0.5, 0.6) is 0 Å². The molecule has 2 heteroatoms. The van der Waals surface area contributed by atoms with Crippen LogP contribution in [0.3, 0.4) is 0 Å². The molecule has 0 unspecified atom stereocenters. The van der Waals surface area contributed by atoms with E-state index in [9.17, 15) is 5.26 Å². The minimum absolute atomic E-state index is 0.00837. The van der Waals surface area contributed by atoms with Gasteiger partial charge in [-0.05, 0) is 27.8 Å². The second-order valence-corrected chi connectivity index (χ2v) is 7.58. The lowest BCUT2D eigenvalue weighted by Crippen LogP contribution is -2.49. The number of hydrogen-bond donors (Lipinski definition) is 0. The van der Waals surface area contributed by atoms with Gasteiger partial charge in [0.05, 0.1) is 19.3 Å². The highest BCUT2D eigenvalue weighted by Gasteiger charge is 2.53. The van der Waals surface area contributed by atoms with Crippen LogP contribution in [0, 0.1) is 17.2 Å². The minimum atomic E-state index is -0.617. The number of ether oxygens (including phenoxy) is 1. The number of benzene rings is 3. The van der Waals surface area contributed by atoms with E-state index >= 15 is 0 Å². The molecular weight excluding hydrogens is 342 g/mol. The molecule has 0 spiro atoms. The van der Waals surface area contributed by atoms with Crippen molar-refractivity contribution in [3.63, 3.8) is 0 Å². The molecule has 2 nitrogen and oxygen atoms in total. The lowest BCUT2D eigenvalue weighted by molar-refractivity contribution is 0.0171. The first-order chi connectivity index (χ1) is 13.8. The summed E-state index contributed by atoms with van der Waals surface area (Å²) in [5, 5.41) is 10.6. The zero-order chi connectivity index (χ0) is 19.0. The van der Waals surface area contributed by atoms with Gasteiger partial charge in [-0.25, -0.2) is 0 Å². The van der Waals surface area contributed by atoms with E-state index in [4.69, 9.17) is 4.74 Å². The Labute approximate surface area is 165 Å². The average molecular weight is 363 g/mol. The topological polar surface area (TPSA) is 33.0 Å². The molecule has 5 rings (SSSR count). The van der Waals surface area contributed by atoms with Gasteiger partial charge in [0.25, 0.3) is 0 Å². The molecule has 0 radical (unpaired) electrons. The predicted octanol–water partition coefficient (Wildman–Crippen LogP) is 5.57. The van der Waals surface area contributed by atoms with E-state index in [2.05, 4.69) is 78.9 Å². The lowest BCUT2D eigenvalue weighted by atomic mass is 9.56. The first-order valence-corrected chi connectivity index (χ1v) is 9.75. The maximum Gasteiger partial charge on any atom is 0.100 e. The van der Waals surface area contributed by atoms with Crippen molar-refractivity contribution >= 4 is 6.08 Å². The second-order valence-electron chi connectivity index (χ2n) is 7.58. The molecule has 2 aliphatic rings. The van der Waals surface area contributed by atoms with Gasteiger partial charge in [0, 0.05) is 11.8 Å². The fourth-order valence-electron chi connectivity index (χ4n) is 4.90. The Bertz CT molecular complexity index is 1080. The summed E-state index contributed by atoms with van der Waals surface area (Å²) < 4.78 is 6.04. The molecule has 1 fully saturated rings. The Kier molecular flexibility index (Phi) is 4.11. The van der Waals surface area contributed by atoms with Gasteiger partial charge in [0.1, 0.15) is 5.41 Å². The molecule has 0 bridgehead atoms. The molecule has 1 aliphatic carbocycles. The summed E-state index contributed by atoms with van der Waals surface area (Å²) in [4.78, 5) is 0. The fraction of sp³-hybridized carbons (Fsp3) is 0.192. The van der Waals surface area contributed by atoms with E-state index in [0.717, 1.165) is 11.1 Å². The summed E-state index contributed by atoms with van der Waals surface area (Å²) in [5.74, 6) is 0.0220. The molecule has 1 aliphatic heterocycles. The average Bonchev–Trinajstić information content (AvgIpc) is 2.78. The summed E-state index contributed by atoms with van der Waals surface area (Å²) in [6.45, 7) is 1.14. The van der Waals surface area contributed by atoms with Crippen LogP contribution in [0.25, 0.3) is 17.2 Å². The van der Waals surface area contributed by atoms with Crippen molar-refractivity contribution in [1.82, 2.24) is 0 Å². The summed E-state index contributed by atoms with van der Waals surface area (Å²) in [7, 11) is 0. The Hall–Kier alpha value is -3.15. The van der Waals surface area contributed by atoms with E-state index in [1.807, 2.05) is 18.2 Å². The molecule has 1 saturated heterocycles. The van der Waals surface area contributed by atoms with Crippen molar-refractivity contribution < 1.29 is 4.74 Å². The number of rotatable bonds is 2. The number of nitriles is 1. The molecule has 136 valence electrons. The van der Waals surface area contributed by atoms with Gasteiger partial charge in [0.15, 0.2) is 0 Å². The molecule has 3 aromatic rings. The summed E-state index contributed by atoms with van der Waals surface area (Å²) >= 11 is 0. The third kappa shape index (κ3) is 2.44. The summed E-state index contributed by atoms with van der Waals surface area (Å²) in [6, 6.07) is 29.9. The van der Waals surface area contributed by atoms with E-state index in [-0.39, 0.29) is 11.8 Å². The Morgan fingerprint density at radius 3 is 2.39 bits per heavy atom. The van der Waals surface area contributed by atoms with E-state index in [1.165, 1.54) is 16.7 Å². The smallest absolute Gasteiger partial charge is 0.100 e. The molecule has 28 heavy (non-hydrogen) atoms. The number of nitrogens with zero attached hydrogens (tertiary/aromatic N) is 1. The van der Waals surface area contributed by atoms with Crippen molar-refractivity contribution in [3.05, 3.63) is 102 Å². The van der Waals surface area contributed by atoms with Gasteiger partial charge in [-0.15, -0.1) is 0 Å². The molecular formula is C26H21NO. The van der Waals surface area contributed by atoms with Crippen LogP contribution >= 0.6 is 0 Å². The molecule has 3 atom stereocenters. The molecule has 0 saturated carbocycles. The van der Waals surface area contributed by atoms with Gasteiger partial charge in [-0.3, -0.25) is 0 Å². The quantitative estimate of drug-likeness (QED) is 0.596. The van der Waals surface area contributed by atoms with Crippen molar-refractivity contribution in [1.29, 1.82) is 5.26 Å². The van der Waals surface area contributed by atoms with Crippen LogP contribution in [0.15, 0.2) is 84.9 Å². The molecule has 0 amide bonds. The maximum absolute atomic E-state index is 10.6. The number of fused-ring (bicyclic) bond motifs is 6. The fourth-order valence-corrected chi connectivity index (χ4v) is 4.90. The van der Waals surface area contributed by atoms with Gasteiger partial charge >= 0.3 is 0 Å². The van der Waals surface area contributed by atoms with E-state index in [1.54, 1.807) is 0 Å². The van der Waals surface area contributed by atoms with Gasteiger partial charge in [-0.2, -0.15) is 5.26 Å². The minimum Gasteiger partial charge on any atom is -0.380 e. The molecule has 3 aromatic carbocycles. The Morgan fingerprint density at radius 1 is 0.857 bits per heavy atom. The highest BCUT2D eigenvalue weighted by molar-refractivity contribution is 5.78. The standard InChI is InChI=1S/C26H21NO/c27-18-26-20(15-14-19-8-2-1-3-9-19)16-28-17-25(26)23-12-5-4-10-21(23)22-11-6-7-13-24(22)26/h1-15,20,25H,16-17H2/b15-14-/t20-,25+,26+/m1/s1.